The molecule has 1 saturated heterocycles. The van der Waals surface area contributed by atoms with Gasteiger partial charge in [-0.25, -0.2) is 0 Å². The predicted octanol–water partition coefficient (Wildman–Crippen LogP) is 2.77. The summed E-state index contributed by atoms with van der Waals surface area (Å²) in [5, 5.41) is 9.17. The van der Waals surface area contributed by atoms with E-state index in [1.807, 2.05) is 24.3 Å². The molecular weight excluding hydrogens is 242 g/mol. The van der Waals surface area contributed by atoms with Gasteiger partial charge in [0.25, 0.3) is 0 Å². The molecule has 1 N–H and O–H groups in total. The van der Waals surface area contributed by atoms with Crippen LogP contribution in [0.25, 0.3) is 0 Å². The van der Waals surface area contributed by atoms with Crippen molar-refractivity contribution < 1.29 is 14.6 Å². The van der Waals surface area contributed by atoms with Crippen molar-refractivity contribution in [2.24, 2.45) is 5.92 Å². The molecule has 1 aliphatic rings. The Kier molecular flexibility index (Phi) is 3.69. The van der Waals surface area contributed by atoms with Crippen LogP contribution in [-0.2, 0) is 4.79 Å². The second-order valence-electron chi connectivity index (χ2n) is 5.69. The summed E-state index contributed by atoms with van der Waals surface area (Å²) >= 11 is 0. The van der Waals surface area contributed by atoms with Gasteiger partial charge in [-0.15, -0.1) is 0 Å². The lowest BCUT2D eigenvalue weighted by molar-refractivity contribution is -0.143. The molecule has 1 fully saturated rings. The fourth-order valence-electron chi connectivity index (χ4n) is 2.87. The number of piperidine rings is 1. The molecule has 0 radical (unpaired) electrons. The van der Waals surface area contributed by atoms with Gasteiger partial charge in [0.2, 0.25) is 0 Å². The summed E-state index contributed by atoms with van der Waals surface area (Å²) in [5.74, 6) is -0.0936. The summed E-state index contributed by atoms with van der Waals surface area (Å²) in [4.78, 5) is 13.4. The molecule has 0 bridgehead atoms. The number of anilines is 1. The predicted molar refractivity (Wildman–Crippen MR) is 74.8 cm³/mol. The molecule has 0 aliphatic carbocycles. The SMILES string of the molecule is COc1cccc(N2CCC(C(=O)O)CC2(C)C)c1. The number of carboxylic acid groups (broad SMARTS) is 1. The summed E-state index contributed by atoms with van der Waals surface area (Å²) in [5.41, 5.74) is 0.932. The number of hydrogen-bond acceptors (Lipinski definition) is 3. The minimum atomic E-state index is -0.682. The molecule has 1 aromatic rings. The van der Waals surface area contributed by atoms with E-state index in [1.54, 1.807) is 7.11 Å². The van der Waals surface area contributed by atoms with E-state index in [0.29, 0.717) is 12.8 Å². The molecule has 0 amide bonds. The fraction of sp³-hybridized carbons (Fsp3) is 0.533. The Morgan fingerprint density at radius 3 is 2.79 bits per heavy atom. The van der Waals surface area contributed by atoms with Crippen LogP contribution in [0.5, 0.6) is 5.75 Å². The lowest BCUT2D eigenvalue weighted by Crippen LogP contribution is -2.51. The van der Waals surface area contributed by atoms with Crippen LogP contribution < -0.4 is 9.64 Å². The normalized spacial score (nSPS) is 22.1. The zero-order valence-electron chi connectivity index (χ0n) is 11.7. The third-order valence-corrected chi connectivity index (χ3v) is 3.89. The number of aliphatic carboxylic acids is 1. The van der Waals surface area contributed by atoms with E-state index in [0.717, 1.165) is 18.0 Å². The van der Waals surface area contributed by atoms with Gasteiger partial charge in [0, 0.05) is 23.8 Å². The smallest absolute Gasteiger partial charge is 0.306 e. The van der Waals surface area contributed by atoms with Crippen LogP contribution in [0.1, 0.15) is 26.7 Å². The van der Waals surface area contributed by atoms with Crippen molar-refractivity contribution in [3.05, 3.63) is 24.3 Å². The Bertz CT molecular complexity index is 470. The van der Waals surface area contributed by atoms with Crippen molar-refractivity contribution in [1.82, 2.24) is 0 Å². The zero-order chi connectivity index (χ0) is 14.0. The first-order valence-electron chi connectivity index (χ1n) is 6.58. The highest BCUT2D eigenvalue weighted by molar-refractivity contribution is 5.71. The first kappa shape index (κ1) is 13.7. The second-order valence-corrected chi connectivity index (χ2v) is 5.69. The summed E-state index contributed by atoms with van der Waals surface area (Å²) in [7, 11) is 1.65. The average molecular weight is 263 g/mol. The highest BCUT2D eigenvalue weighted by Crippen LogP contribution is 2.36. The summed E-state index contributed by atoms with van der Waals surface area (Å²) in [6.45, 7) is 4.96. The molecule has 0 aromatic heterocycles. The fourth-order valence-corrected chi connectivity index (χ4v) is 2.87. The van der Waals surface area contributed by atoms with Crippen LogP contribution >= 0.6 is 0 Å². The third kappa shape index (κ3) is 2.83. The van der Waals surface area contributed by atoms with E-state index in [-0.39, 0.29) is 11.5 Å². The van der Waals surface area contributed by atoms with E-state index >= 15 is 0 Å². The van der Waals surface area contributed by atoms with Crippen molar-refractivity contribution >= 4 is 11.7 Å². The molecule has 1 aromatic carbocycles. The zero-order valence-corrected chi connectivity index (χ0v) is 11.7. The molecule has 4 heteroatoms. The molecule has 1 heterocycles. The number of carbonyl (C=O) groups is 1. The minimum Gasteiger partial charge on any atom is -0.497 e. The van der Waals surface area contributed by atoms with E-state index in [4.69, 9.17) is 4.74 Å². The van der Waals surface area contributed by atoms with Crippen LogP contribution in [0.15, 0.2) is 24.3 Å². The quantitative estimate of drug-likeness (QED) is 0.911. The number of hydrogen-bond donors (Lipinski definition) is 1. The van der Waals surface area contributed by atoms with E-state index in [9.17, 15) is 9.90 Å². The first-order valence-corrected chi connectivity index (χ1v) is 6.58. The number of benzene rings is 1. The maximum atomic E-state index is 11.1. The van der Waals surface area contributed by atoms with Crippen LogP contribution in [0, 0.1) is 5.92 Å². The summed E-state index contributed by atoms with van der Waals surface area (Å²) < 4.78 is 5.25. The largest absolute Gasteiger partial charge is 0.497 e. The molecular formula is C15H21NO3. The summed E-state index contributed by atoms with van der Waals surface area (Å²) in [6, 6.07) is 7.93. The standard InChI is InChI=1S/C15H21NO3/c1-15(2)10-11(14(17)18)7-8-16(15)12-5-4-6-13(9-12)19-3/h4-6,9,11H,7-8,10H2,1-3H3,(H,17,18). The van der Waals surface area contributed by atoms with Crippen molar-refractivity contribution in [1.29, 1.82) is 0 Å². The first-order chi connectivity index (χ1) is 8.94. The monoisotopic (exact) mass is 263 g/mol. The molecule has 1 aliphatic heterocycles. The van der Waals surface area contributed by atoms with Crippen molar-refractivity contribution in [2.45, 2.75) is 32.2 Å². The highest BCUT2D eigenvalue weighted by Gasteiger charge is 2.37. The number of carboxylic acids is 1. The van der Waals surface area contributed by atoms with E-state index < -0.39 is 5.97 Å². The van der Waals surface area contributed by atoms with Gasteiger partial charge < -0.3 is 14.7 Å². The van der Waals surface area contributed by atoms with Crippen molar-refractivity contribution in [2.75, 3.05) is 18.6 Å². The van der Waals surface area contributed by atoms with Gasteiger partial charge in [0.1, 0.15) is 5.75 Å². The Morgan fingerprint density at radius 2 is 2.21 bits per heavy atom. The number of rotatable bonds is 3. The molecule has 1 unspecified atom stereocenters. The third-order valence-electron chi connectivity index (χ3n) is 3.89. The van der Waals surface area contributed by atoms with Crippen LogP contribution in [0.2, 0.25) is 0 Å². The Morgan fingerprint density at radius 1 is 1.47 bits per heavy atom. The molecule has 104 valence electrons. The second kappa shape index (κ2) is 5.11. The summed E-state index contributed by atoms with van der Waals surface area (Å²) in [6.07, 6.45) is 1.36. The van der Waals surface area contributed by atoms with Gasteiger partial charge in [0.05, 0.1) is 13.0 Å². The molecule has 19 heavy (non-hydrogen) atoms. The topological polar surface area (TPSA) is 49.8 Å². The average Bonchev–Trinajstić information content (AvgIpc) is 2.37. The Labute approximate surface area is 114 Å². The Hall–Kier alpha value is -1.71. The molecule has 0 spiro atoms. The maximum absolute atomic E-state index is 11.1. The van der Waals surface area contributed by atoms with Crippen molar-refractivity contribution in [3.63, 3.8) is 0 Å². The minimum absolute atomic E-state index is 0.159. The lowest BCUT2D eigenvalue weighted by atomic mass is 9.82. The highest BCUT2D eigenvalue weighted by atomic mass is 16.5. The van der Waals surface area contributed by atoms with E-state index in [2.05, 4.69) is 18.7 Å². The van der Waals surface area contributed by atoms with E-state index in [1.165, 1.54) is 0 Å². The van der Waals surface area contributed by atoms with Crippen LogP contribution in [-0.4, -0.2) is 30.3 Å². The van der Waals surface area contributed by atoms with Crippen LogP contribution in [0.3, 0.4) is 0 Å². The van der Waals surface area contributed by atoms with Gasteiger partial charge in [0.15, 0.2) is 0 Å². The van der Waals surface area contributed by atoms with Gasteiger partial charge >= 0.3 is 5.97 Å². The number of nitrogens with zero attached hydrogens (tertiary/aromatic N) is 1. The number of methoxy groups -OCH3 is 1. The van der Waals surface area contributed by atoms with Gasteiger partial charge in [-0.3, -0.25) is 4.79 Å². The Balaban J connectivity index is 2.23. The molecule has 4 nitrogen and oxygen atoms in total. The maximum Gasteiger partial charge on any atom is 0.306 e. The molecule has 2 rings (SSSR count). The van der Waals surface area contributed by atoms with Crippen LogP contribution in [0.4, 0.5) is 5.69 Å². The molecule has 0 saturated carbocycles. The number of ether oxygens (including phenoxy) is 1. The lowest BCUT2D eigenvalue weighted by Gasteiger charge is -2.46. The molecule has 1 atom stereocenters. The van der Waals surface area contributed by atoms with Gasteiger partial charge in [-0.1, -0.05) is 6.07 Å². The van der Waals surface area contributed by atoms with Gasteiger partial charge in [-0.05, 0) is 38.8 Å². The van der Waals surface area contributed by atoms with Crippen molar-refractivity contribution in [3.8, 4) is 5.75 Å². The van der Waals surface area contributed by atoms with Gasteiger partial charge in [-0.2, -0.15) is 0 Å².